The highest BCUT2D eigenvalue weighted by molar-refractivity contribution is 5.94. The van der Waals surface area contributed by atoms with Crippen molar-refractivity contribution >= 4 is 17.6 Å². The van der Waals surface area contributed by atoms with Crippen LogP contribution in [0, 0.1) is 5.82 Å². The zero-order valence-corrected chi connectivity index (χ0v) is 14.5. The highest BCUT2D eigenvalue weighted by Crippen LogP contribution is 2.29. The van der Waals surface area contributed by atoms with Crippen molar-refractivity contribution in [2.24, 2.45) is 5.73 Å². The second-order valence-corrected chi connectivity index (χ2v) is 6.06. The Labute approximate surface area is 152 Å². The van der Waals surface area contributed by atoms with E-state index in [0.29, 0.717) is 5.69 Å². The molecule has 11 heteroatoms. The number of carbonyl (C=O) groups excluding carboxylic acids is 2. The molecule has 0 aromatic heterocycles. The molecule has 0 bridgehead atoms. The molecule has 0 saturated carbocycles. The van der Waals surface area contributed by atoms with Crippen molar-refractivity contribution in [3.8, 4) is 0 Å². The number of primary amides is 1. The number of ether oxygens (including phenoxy) is 1. The Morgan fingerprint density at radius 3 is 2.48 bits per heavy atom. The Hall–Kier alpha value is -2.56. The molecule has 27 heavy (non-hydrogen) atoms. The predicted octanol–water partition coefficient (Wildman–Crippen LogP) is 1.38. The minimum Gasteiger partial charge on any atom is -0.366 e. The Morgan fingerprint density at radius 1 is 1.30 bits per heavy atom. The van der Waals surface area contributed by atoms with Crippen molar-refractivity contribution in [2.45, 2.75) is 25.3 Å². The fraction of sp³-hybridized carbons (Fsp3) is 0.500. The quantitative estimate of drug-likeness (QED) is 0.483. The zero-order chi connectivity index (χ0) is 20.2. The predicted molar refractivity (Wildman–Crippen MR) is 88.9 cm³/mol. The third kappa shape index (κ3) is 5.71. The van der Waals surface area contributed by atoms with Crippen LogP contribution in [0.3, 0.4) is 0 Å². The second kappa shape index (κ2) is 8.42. The summed E-state index contributed by atoms with van der Waals surface area (Å²) in [7, 11) is 0. The van der Waals surface area contributed by atoms with Gasteiger partial charge in [-0.3, -0.25) is 4.79 Å². The molecule has 1 atom stereocenters. The van der Waals surface area contributed by atoms with Gasteiger partial charge in [-0.15, -0.1) is 0 Å². The van der Waals surface area contributed by atoms with E-state index >= 15 is 0 Å². The van der Waals surface area contributed by atoms with E-state index in [4.69, 9.17) is 10.5 Å². The number of halogens is 4. The highest BCUT2D eigenvalue weighted by atomic mass is 19.4. The highest BCUT2D eigenvalue weighted by Gasteiger charge is 2.41. The number of urea groups is 1. The van der Waals surface area contributed by atoms with E-state index in [2.05, 4.69) is 10.6 Å². The number of nitrogens with two attached hydrogens (primary N) is 1. The summed E-state index contributed by atoms with van der Waals surface area (Å²) in [4.78, 5) is 24.1. The van der Waals surface area contributed by atoms with Gasteiger partial charge < -0.3 is 26.0 Å². The number of anilines is 1. The number of nitrogens with one attached hydrogen (secondary N) is 2. The summed E-state index contributed by atoms with van der Waals surface area (Å²) < 4.78 is 56.5. The molecule has 2 rings (SSSR count). The van der Waals surface area contributed by atoms with Gasteiger partial charge in [-0.2, -0.15) is 13.2 Å². The van der Waals surface area contributed by atoms with Gasteiger partial charge in [0.25, 0.3) is 5.91 Å². The second-order valence-electron chi connectivity index (χ2n) is 6.06. The minimum atomic E-state index is -4.42. The molecule has 1 aromatic carbocycles. The lowest BCUT2D eigenvalue weighted by atomic mass is 10.1. The summed E-state index contributed by atoms with van der Waals surface area (Å²) in [5.41, 5.74) is 5.13. The Bertz CT molecular complexity index is 693. The molecule has 1 aliphatic rings. The molecule has 1 aliphatic heterocycles. The van der Waals surface area contributed by atoms with Crippen molar-refractivity contribution in [3.05, 3.63) is 29.6 Å². The molecule has 1 fully saturated rings. The van der Waals surface area contributed by atoms with Crippen LogP contribution in [0.5, 0.6) is 0 Å². The number of hydrogen-bond donors (Lipinski definition) is 3. The van der Waals surface area contributed by atoms with Gasteiger partial charge in [0.2, 0.25) is 0 Å². The van der Waals surface area contributed by atoms with Crippen LogP contribution in [-0.2, 0) is 4.74 Å². The van der Waals surface area contributed by atoms with Gasteiger partial charge in [0.15, 0.2) is 6.10 Å². The maximum atomic E-state index is 14.2. The van der Waals surface area contributed by atoms with Crippen LogP contribution in [0.4, 0.5) is 28.0 Å². The van der Waals surface area contributed by atoms with Crippen molar-refractivity contribution in [2.75, 3.05) is 31.1 Å². The molecule has 0 spiro atoms. The Balaban J connectivity index is 1.85. The zero-order valence-electron chi connectivity index (χ0n) is 14.5. The van der Waals surface area contributed by atoms with Gasteiger partial charge in [0.05, 0.1) is 11.7 Å². The van der Waals surface area contributed by atoms with Crippen molar-refractivity contribution < 1.29 is 31.9 Å². The normalized spacial score (nSPS) is 15.8. The first kappa shape index (κ1) is 20.7. The van der Waals surface area contributed by atoms with E-state index in [0.717, 1.165) is 13.0 Å². The lowest BCUT2D eigenvalue weighted by Crippen LogP contribution is -2.54. The van der Waals surface area contributed by atoms with Crippen LogP contribution in [0.25, 0.3) is 0 Å². The van der Waals surface area contributed by atoms with E-state index in [1.165, 1.54) is 12.1 Å². The maximum Gasteiger partial charge on any atom is 0.414 e. The number of benzene rings is 1. The molecule has 7 nitrogen and oxygen atoms in total. The number of hydrogen-bond acceptors (Lipinski definition) is 4. The molecule has 1 aromatic rings. The molecule has 1 heterocycles. The monoisotopic (exact) mass is 392 g/mol. The van der Waals surface area contributed by atoms with Crippen molar-refractivity contribution in [1.29, 1.82) is 0 Å². The van der Waals surface area contributed by atoms with Gasteiger partial charge in [-0.1, -0.05) is 0 Å². The first-order valence-corrected chi connectivity index (χ1v) is 8.16. The summed E-state index contributed by atoms with van der Waals surface area (Å²) >= 11 is 0. The number of rotatable bonds is 7. The number of nitrogens with zero attached hydrogens (tertiary/aromatic N) is 1. The van der Waals surface area contributed by atoms with Crippen LogP contribution < -0.4 is 21.3 Å². The molecule has 0 aliphatic carbocycles. The van der Waals surface area contributed by atoms with Crippen LogP contribution in [0.1, 0.15) is 17.3 Å². The summed E-state index contributed by atoms with van der Waals surface area (Å²) in [5, 5.41) is 4.70. The molecule has 3 amide bonds. The van der Waals surface area contributed by atoms with Gasteiger partial charge in [0.1, 0.15) is 5.82 Å². The number of alkyl halides is 3. The summed E-state index contributed by atoms with van der Waals surface area (Å²) in [6, 6.07) is 3.19. The largest absolute Gasteiger partial charge is 0.414 e. The molecule has 1 unspecified atom stereocenters. The average molecular weight is 392 g/mol. The van der Waals surface area contributed by atoms with Crippen LogP contribution in [0.15, 0.2) is 18.2 Å². The number of carbonyl (C=O) groups is 2. The molecule has 150 valence electrons. The van der Waals surface area contributed by atoms with Crippen molar-refractivity contribution in [3.63, 3.8) is 0 Å². The maximum absolute atomic E-state index is 14.2. The van der Waals surface area contributed by atoms with E-state index < -0.39 is 36.1 Å². The standard InChI is InChI=1S/C16H20F4N4O3/c1-9(16(18,19)20)27-11-7-24(8-11)10-2-3-12(13(17)6-10)14(25)22-4-5-23-15(21)26/h2-3,6,9,11H,4-5,7-8H2,1H3,(H,22,25)(H3,21,23,26). The van der Waals surface area contributed by atoms with Crippen LogP contribution in [0.2, 0.25) is 0 Å². The molecule has 1 saturated heterocycles. The SMILES string of the molecule is CC(OC1CN(c2ccc(C(=O)NCCNC(N)=O)c(F)c2)C1)C(F)(F)F. The van der Waals surface area contributed by atoms with Gasteiger partial charge >= 0.3 is 12.2 Å². The fourth-order valence-electron chi connectivity index (χ4n) is 2.44. The first-order chi connectivity index (χ1) is 12.6. The Morgan fingerprint density at radius 2 is 1.93 bits per heavy atom. The van der Waals surface area contributed by atoms with Gasteiger partial charge in [0, 0.05) is 31.9 Å². The topological polar surface area (TPSA) is 96.7 Å². The van der Waals surface area contributed by atoms with Crippen LogP contribution in [-0.4, -0.2) is 56.5 Å². The van der Waals surface area contributed by atoms with E-state index in [-0.39, 0.29) is 31.7 Å². The smallest absolute Gasteiger partial charge is 0.366 e. The number of amides is 3. The average Bonchev–Trinajstić information content (AvgIpc) is 2.52. The first-order valence-electron chi connectivity index (χ1n) is 8.16. The molecular formula is C16H20F4N4O3. The van der Waals surface area contributed by atoms with Crippen molar-refractivity contribution in [1.82, 2.24) is 10.6 Å². The lowest BCUT2D eigenvalue weighted by Gasteiger charge is -2.42. The molecule has 0 radical (unpaired) electrons. The summed E-state index contributed by atoms with van der Waals surface area (Å²) in [5.74, 6) is -1.42. The summed E-state index contributed by atoms with van der Waals surface area (Å²) in [6.07, 6.45) is -6.88. The minimum absolute atomic E-state index is 0.0749. The third-order valence-corrected chi connectivity index (χ3v) is 3.98. The molecular weight excluding hydrogens is 372 g/mol. The van der Waals surface area contributed by atoms with E-state index in [1.807, 2.05) is 0 Å². The van der Waals surface area contributed by atoms with Crippen LogP contribution >= 0.6 is 0 Å². The van der Waals surface area contributed by atoms with Gasteiger partial charge in [-0.25, -0.2) is 9.18 Å². The molecule has 4 N–H and O–H groups in total. The Kier molecular flexibility index (Phi) is 6.47. The van der Waals surface area contributed by atoms with E-state index in [9.17, 15) is 27.2 Å². The van der Waals surface area contributed by atoms with E-state index in [1.54, 1.807) is 4.90 Å². The van der Waals surface area contributed by atoms with Gasteiger partial charge in [-0.05, 0) is 25.1 Å². The fourth-order valence-corrected chi connectivity index (χ4v) is 2.44. The lowest BCUT2D eigenvalue weighted by molar-refractivity contribution is -0.228. The summed E-state index contributed by atoms with van der Waals surface area (Å²) in [6.45, 7) is 1.51. The third-order valence-electron chi connectivity index (χ3n) is 3.98.